The first-order chi connectivity index (χ1) is 15.2. The van der Waals surface area contributed by atoms with Crippen LogP contribution in [0.15, 0.2) is 77.7 Å². The van der Waals surface area contributed by atoms with Crippen molar-refractivity contribution in [1.82, 2.24) is 10.9 Å². The highest BCUT2D eigenvalue weighted by Crippen LogP contribution is 2.19. The van der Waals surface area contributed by atoms with Gasteiger partial charge in [-0.2, -0.15) is 0 Å². The molecule has 3 aromatic rings. The van der Waals surface area contributed by atoms with Gasteiger partial charge in [0.2, 0.25) is 0 Å². The summed E-state index contributed by atoms with van der Waals surface area (Å²) in [6.07, 6.45) is 0. The number of rotatable bonds is 7. The monoisotopic (exact) mass is 473 g/mol. The minimum absolute atomic E-state index is 0.0282. The number of hydrogen-bond acceptors (Lipinski definition) is 5. The Balaban J connectivity index is 1.52. The zero-order valence-corrected chi connectivity index (χ0v) is 18.5. The molecule has 0 aromatic heterocycles. The van der Waals surface area contributed by atoms with Crippen LogP contribution in [0.3, 0.4) is 0 Å². The highest BCUT2D eigenvalue weighted by molar-refractivity contribution is 7.92. The summed E-state index contributed by atoms with van der Waals surface area (Å²) in [5.74, 6) is -0.620. The molecule has 3 rings (SSSR count). The lowest BCUT2D eigenvalue weighted by Crippen LogP contribution is -2.43. The molecular weight excluding hydrogens is 454 g/mol. The maximum atomic E-state index is 12.5. The first kappa shape index (κ1) is 23.1. The first-order valence-corrected chi connectivity index (χ1v) is 11.3. The van der Waals surface area contributed by atoms with E-state index in [4.69, 9.17) is 16.3 Å². The van der Waals surface area contributed by atoms with Gasteiger partial charge in [-0.1, -0.05) is 23.7 Å². The summed E-state index contributed by atoms with van der Waals surface area (Å²) in [6.45, 7) is 1.62. The summed E-state index contributed by atoms with van der Waals surface area (Å²) < 4.78 is 32.7. The smallest absolute Gasteiger partial charge is 0.276 e. The van der Waals surface area contributed by atoms with Crippen molar-refractivity contribution in [3.63, 3.8) is 0 Å². The number of benzene rings is 3. The minimum Gasteiger partial charge on any atom is -0.484 e. The Hall–Kier alpha value is -3.56. The Labute approximate surface area is 190 Å². The number of hydrazine groups is 1. The first-order valence-electron chi connectivity index (χ1n) is 9.40. The van der Waals surface area contributed by atoms with Crippen molar-refractivity contribution in [2.24, 2.45) is 0 Å². The van der Waals surface area contributed by atoms with Crippen molar-refractivity contribution >= 4 is 39.1 Å². The molecule has 2 amide bonds. The summed E-state index contributed by atoms with van der Waals surface area (Å²) in [5.41, 5.74) is 6.00. The third-order valence-electron chi connectivity index (χ3n) is 4.20. The Morgan fingerprint density at radius 3 is 2.28 bits per heavy atom. The number of sulfonamides is 1. The van der Waals surface area contributed by atoms with Gasteiger partial charge in [-0.05, 0) is 73.2 Å². The maximum absolute atomic E-state index is 12.5. The van der Waals surface area contributed by atoms with E-state index in [2.05, 4.69) is 15.6 Å². The number of carbonyl (C=O) groups is 2. The largest absolute Gasteiger partial charge is 0.484 e. The summed E-state index contributed by atoms with van der Waals surface area (Å²) in [4.78, 5) is 24.1. The number of nitrogens with one attached hydrogen (secondary N) is 3. The van der Waals surface area contributed by atoms with Crippen molar-refractivity contribution in [1.29, 1.82) is 0 Å². The third-order valence-corrected chi connectivity index (χ3v) is 5.85. The van der Waals surface area contributed by atoms with Crippen LogP contribution in [0, 0.1) is 6.92 Å². The molecule has 0 aliphatic carbocycles. The minimum atomic E-state index is -3.84. The second-order valence-electron chi connectivity index (χ2n) is 6.74. The SMILES string of the molecule is Cc1cccc(OCC(=O)NNC(=O)c2ccc(S(=O)(=O)Nc3ccc(Cl)cc3)cc2)c1. The Bertz CT molecular complexity index is 1210. The number of amides is 2. The van der Waals surface area contributed by atoms with Crippen LogP contribution >= 0.6 is 11.6 Å². The average Bonchev–Trinajstić information content (AvgIpc) is 2.77. The Morgan fingerprint density at radius 2 is 1.62 bits per heavy atom. The molecule has 0 fully saturated rings. The number of carbonyl (C=O) groups excluding carboxylic acids is 2. The van der Waals surface area contributed by atoms with Crippen molar-refractivity contribution < 1.29 is 22.7 Å². The summed E-state index contributed by atoms with van der Waals surface area (Å²) in [6, 6.07) is 18.6. The molecule has 0 radical (unpaired) electrons. The van der Waals surface area contributed by atoms with Crippen LogP contribution < -0.4 is 20.3 Å². The van der Waals surface area contributed by atoms with Crippen LogP contribution in [0.25, 0.3) is 0 Å². The predicted octanol–water partition coefficient (Wildman–Crippen LogP) is 3.29. The van der Waals surface area contributed by atoms with E-state index in [0.717, 1.165) is 5.56 Å². The molecule has 0 aliphatic rings. The van der Waals surface area contributed by atoms with Crippen molar-refractivity contribution in [2.45, 2.75) is 11.8 Å². The third kappa shape index (κ3) is 6.47. The summed E-state index contributed by atoms with van der Waals surface area (Å²) in [7, 11) is -3.84. The van der Waals surface area contributed by atoms with Gasteiger partial charge in [0.1, 0.15) is 5.75 Å². The molecule has 8 nitrogen and oxygen atoms in total. The molecule has 0 bridgehead atoms. The highest BCUT2D eigenvalue weighted by atomic mass is 35.5. The van der Waals surface area contributed by atoms with E-state index in [1.807, 2.05) is 13.0 Å². The van der Waals surface area contributed by atoms with E-state index in [1.165, 1.54) is 36.4 Å². The Kier molecular flexibility index (Phi) is 7.34. The van der Waals surface area contributed by atoms with Crippen LogP contribution in [-0.4, -0.2) is 26.8 Å². The van der Waals surface area contributed by atoms with E-state index >= 15 is 0 Å². The average molecular weight is 474 g/mol. The maximum Gasteiger partial charge on any atom is 0.276 e. The van der Waals surface area contributed by atoms with Gasteiger partial charge >= 0.3 is 0 Å². The fourth-order valence-corrected chi connectivity index (χ4v) is 3.79. The van der Waals surface area contributed by atoms with Gasteiger partial charge in [-0.25, -0.2) is 8.42 Å². The number of anilines is 1. The van der Waals surface area contributed by atoms with Crippen LogP contribution in [0.1, 0.15) is 15.9 Å². The van der Waals surface area contributed by atoms with Crippen LogP contribution in [0.5, 0.6) is 5.75 Å². The fourth-order valence-electron chi connectivity index (χ4n) is 2.61. The van der Waals surface area contributed by atoms with Crippen molar-refractivity contribution in [3.8, 4) is 5.75 Å². The molecule has 0 saturated carbocycles. The molecule has 3 aromatic carbocycles. The predicted molar refractivity (Wildman–Crippen MR) is 121 cm³/mol. The van der Waals surface area contributed by atoms with Gasteiger partial charge in [0.25, 0.3) is 21.8 Å². The topological polar surface area (TPSA) is 114 Å². The van der Waals surface area contributed by atoms with E-state index in [0.29, 0.717) is 16.5 Å². The molecule has 32 heavy (non-hydrogen) atoms. The zero-order chi connectivity index (χ0) is 23.1. The molecule has 0 aliphatic heterocycles. The number of hydrogen-bond donors (Lipinski definition) is 3. The normalized spacial score (nSPS) is 10.8. The van der Waals surface area contributed by atoms with E-state index in [1.54, 1.807) is 30.3 Å². The molecule has 166 valence electrons. The van der Waals surface area contributed by atoms with E-state index < -0.39 is 21.8 Å². The lowest BCUT2D eigenvalue weighted by molar-refractivity contribution is -0.123. The summed E-state index contributed by atoms with van der Waals surface area (Å²) >= 11 is 5.80. The van der Waals surface area contributed by atoms with Crippen LogP contribution in [0.4, 0.5) is 5.69 Å². The van der Waals surface area contributed by atoms with Crippen molar-refractivity contribution in [3.05, 3.63) is 88.9 Å². The highest BCUT2D eigenvalue weighted by Gasteiger charge is 2.15. The second-order valence-corrected chi connectivity index (χ2v) is 8.86. The van der Waals surface area contributed by atoms with Gasteiger partial charge < -0.3 is 4.74 Å². The van der Waals surface area contributed by atoms with E-state index in [9.17, 15) is 18.0 Å². The Morgan fingerprint density at radius 1 is 0.938 bits per heavy atom. The number of ether oxygens (including phenoxy) is 1. The van der Waals surface area contributed by atoms with Gasteiger partial charge in [0, 0.05) is 16.3 Å². The van der Waals surface area contributed by atoms with Crippen LogP contribution in [-0.2, 0) is 14.8 Å². The molecule has 0 saturated heterocycles. The number of aryl methyl sites for hydroxylation is 1. The van der Waals surface area contributed by atoms with Crippen LogP contribution in [0.2, 0.25) is 5.02 Å². The molecular formula is C22H20ClN3O5S. The molecule has 0 unspecified atom stereocenters. The molecule has 3 N–H and O–H groups in total. The fraction of sp³-hybridized carbons (Fsp3) is 0.0909. The summed E-state index contributed by atoms with van der Waals surface area (Å²) in [5, 5.41) is 0.483. The van der Waals surface area contributed by atoms with Gasteiger partial charge in [-0.15, -0.1) is 0 Å². The lowest BCUT2D eigenvalue weighted by Gasteiger charge is -2.10. The van der Waals surface area contributed by atoms with Gasteiger partial charge in [-0.3, -0.25) is 25.2 Å². The molecule has 0 heterocycles. The zero-order valence-electron chi connectivity index (χ0n) is 17.0. The lowest BCUT2D eigenvalue weighted by atomic mass is 10.2. The molecule has 0 atom stereocenters. The second kappa shape index (κ2) is 10.2. The molecule has 0 spiro atoms. The molecule has 10 heteroatoms. The quantitative estimate of drug-likeness (QED) is 0.456. The van der Waals surface area contributed by atoms with E-state index in [-0.39, 0.29) is 17.1 Å². The van der Waals surface area contributed by atoms with Gasteiger partial charge in [0.05, 0.1) is 4.90 Å². The van der Waals surface area contributed by atoms with Crippen molar-refractivity contribution in [2.75, 3.05) is 11.3 Å². The standard InChI is InChI=1S/C22H20ClN3O5S/c1-15-3-2-4-19(13-15)31-14-21(27)24-25-22(28)16-5-11-20(12-6-16)32(29,30)26-18-9-7-17(23)8-10-18/h2-13,26H,14H2,1H3,(H,24,27)(H,25,28). The number of halogens is 1. The van der Waals surface area contributed by atoms with Gasteiger partial charge in [0.15, 0.2) is 6.61 Å².